The molecule has 2 aromatic rings. The smallest absolute Gasteiger partial charge is 0.0412 e. The van der Waals surface area contributed by atoms with Crippen molar-refractivity contribution in [3.8, 4) is 11.8 Å². The van der Waals surface area contributed by atoms with Gasteiger partial charge in [0, 0.05) is 15.1 Å². The SMILES string of the molecule is IC1Cc2ccccc2C#Cc2ccccc21. The normalized spacial score (nSPS) is 16.9. The summed E-state index contributed by atoms with van der Waals surface area (Å²) in [6.07, 6.45) is 1.06. The Hall–Kier alpha value is -1.27. The molecule has 1 unspecified atom stereocenters. The molecule has 82 valence electrons. The van der Waals surface area contributed by atoms with E-state index in [2.05, 4.69) is 83.0 Å². The van der Waals surface area contributed by atoms with Crippen LogP contribution in [0.3, 0.4) is 0 Å². The van der Waals surface area contributed by atoms with E-state index in [1.165, 1.54) is 22.3 Å². The molecule has 0 bridgehead atoms. The molecular formula is C16H11I. The van der Waals surface area contributed by atoms with Crippen molar-refractivity contribution in [3.05, 3.63) is 70.8 Å². The Morgan fingerprint density at radius 2 is 1.53 bits per heavy atom. The number of benzene rings is 2. The summed E-state index contributed by atoms with van der Waals surface area (Å²) >= 11 is 2.52. The Morgan fingerprint density at radius 3 is 2.41 bits per heavy atom. The molecule has 0 aromatic heterocycles. The minimum atomic E-state index is 0.500. The fraction of sp³-hybridized carbons (Fsp3) is 0.125. The lowest BCUT2D eigenvalue weighted by atomic mass is 9.94. The van der Waals surface area contributed by atoms with Crippen LogP contribution in [0, 0.1) is 11.8 Å². The van der Waals surface area contributed by atoms with Crippen molar-refractivity contribution in [2.24, 2.45) is 0 Å². The number of halogens is 1. The van der Waals surface area contributed by atoms with Gasteiger partial charge in [-0.2, -0.15) is 0 Å². The van der Waals surface area contributed by atoms with Gasteiger partial charge >= 0.3 is 0 Å². The zero-order valence-corrected chi connectivity index (χ0v) is 11.4. The number of hydrogen-bond acceptors (Lipinski definition) is 0. The van der Waals surface area contributed by atoms with Gasteiger partial charge in [0.15, 0.2) is 0 Å². The molecule has 0 saturated carbocycles. The van der Waals surface area contributed by atoms with Crippen molar-refractivity contribution >= 4 is 22.6 Å². The second kappa shape index (κ2) is 4.54. The Morgan fingerprint density at radius 1 is 0.882 bits per heavy atom. The number of fused-ring (bicyclic) bond motifs is 2. The lowest BCUT2D eigenvalue weighted by Gasteiger charge is -2.15. The van der Waals surface area contributed by atoms with Gasteiger partial charge in [-0.15, -0.1) is 0 Å². The molecule has 17 heavy (non-hydrogen) atoms. The highest BCUT2D eigenvalue weighted by Gasteiger charge is 2.14. The molecule has 0 fully saturated rings. The Balaban J connectivity index is 2.20. The van der Waals surface area contributed by atoms with Crippen molar-refractivity contribution in [2.75, 3.05) is 0 Å². The van der Waals surface area contributed by atoms with Crippen LogP contribution in [0.1, 0.15) is 26.2 Å². The van der Waals surface area contributed by atoms with Crippen LogP contribution in [0.15, 0.2) is 48.5 Å². The first-order valence-electron chi connectivity index (χ1n) is 5.67. The van der Waals surface area contributed by atoms with Crippen molar-refractivity contribution in [1.82, 2.24) is 0 Å². The fourth-order valence-electron chi connectivity index (χ4n) is 2.14. The van der Waals surface area contributed by atoms with Gasteiger partial charge < -0.3 is 0 Å². The first-order valence-corrected chi connectivity index (χ1v) is 6.92. The van der Waals surface area contributed by atoms with E-state index < -0.39 is 0 Å². The first kappa shape index (κ1) is 10.9. The molecule has 0 heterocycles. The summed E-state index contributed by atoms with van der Waals surface area (Å²) in [4.78, 5) is 0. The van der Waals surface area contributed by atoms with Gasteiger partial charge in [0.1, 0.15) is 0 Å². The monoisotopic (exact) mass is 330 g/mol. The van der Waals surface area contributed by atoms with Gasteiger partial charge in [-0.3, -0.25) is 0 Å². The Bertz CT molecular complexity index is 617. The van der Waals surface area contributed by atoms with E-state index in [0.717, 1.165) is 6.42 Å². The molecule has 0 N–H and O–H groups in total. The Labute approximate surface area is 115 Å². The average Bonchev–Trinajstić information content (AvgIpc) is 2.36. The maximum atomic E-state index is 3.30. The molecular weight excluding hydrogens is 319 g/mol. The Kier molecular flexibility index (Phi) is 2.90. The van der Waals surface area contributed by atoms with Crippen LogP contribution in [-0.4, -0.2) is 0 Å². The van der Waals surface area contributed by atoms with Gasteiger partial charge in [-0.05, 0) is 29.7 Å². The van der Waals surface area contributed by atoms with Crippen LogP contribution in [0.5, 0.6) is 0 Å². The third-order valence-electron chi connectivity index (χ3n) is 3.05. The molecule has 3 rings (SSSR count). The summed E-state index contributed by atoms with van der Waals surface area (Å²) in [6.45, 7) is 0. The largest absolute Gasteiger partial charge is 0.0770 e. The number of rotatable bonds is 0. The molecule has 0 radical (unpaired) electrons. The lowest BCUT2D eigenvalue weighted by molar-refractivity contribution is 0.957. The van der Waals surface area contributed by atoms with E-state index in [9.17, 15) is 0 Å². The first-order chi connectivity index (χ1) is 8.34. The summed E-state index contributed by atoms with van der Waals surface area (Å²) in [6, 6.07) is 16.9. The van der Waals surface area contributed by atoms with E-state index >= 15 is 0 Å². The highest BCUT2D eigenvalue weighted by molar-refractivity contribution is 14.1. The van der Waals surface area contributed by atoms with Gasteiger partial charge in [0.2, 0.25) is 0 Å². The molecule has 0 spiro atoms. The van der Waals surface area contributed by atoms with Crippen LogP contribution < -0.4 is 0 Å². The standard InChI is InChI=1S/C16H11I/c17-16-11-14-7-2-1-5-12(14)9-10-13-6-3-4-8-15(13)16/h1-8,16H,11H2. The summed E-state index contributed by atoms with van der Waals surface area (Å²) in [7, 11) is 0. The fourth-order valence-corrected chi connectivity index (χ4v) is 3.16. The van der Waals surface area contributed by atoms with Crippen LogP contribution in [0.4, 0.5) is 0 Å². The molecule has 0 nitrogen and oxygen atoms in total. The molecule has 1 atom stereocenters. The number of alkyl halides is 1. The highest BCUT2D eigenvalue weighted by atomic mass is 127. The molecule has 2 aromatic carbocycles. The average molecular weight is 330 g/mol. The van der Waals surface area contributed by atoms with Crippen molar-refractivity contribution in [1.29, 1.82) is 0 Å². The summed E-state index contributed by atoms with van der Waals surface area (Å²) in [5.41, 5.74) is 5.05. The predicted octanol–water partition coefficient (Wildman–Crippen LogP) is 4.12. The van der Waals surface area contributed by atoms with E-state index in [1.54, 1.807) is 0 Å². The zero-order chi connectivity index (χ0) is 11.7. The van der Waals surface area contributed by atoms with Gasteiger partial charge in [-0.25, -0.2) is 0 Å². The van der Waals surface area contributed by atoms with Crippen LogP contribution in [0.25, 0.3) is 0 Å². The minimum Gasteiger partial charge on any atom is -0.0770 e. The second-order valence-electron chi connectivity index (χ2n) is 4.17. The van der Waals surface area contributed by atoms with E-state index in [1.807, 2.05) is 0 Å². The zero-order valence-electron chi connectivity index (χ0n) is 9.28. The summed E-state index contributed by atoms with van der Waals surface area (Å²) in [5.74, 6) is 6.59. The van der Waals surface area contributed by atoms with Gasteiger partial charge in [-0.1, -0.05) is 70.8 Å². The quantitative estimate of drug-likeness (QED) is 0.387. The molecule has 1 aliphatic carbocycles. The molecule has 0 aliphatic heterocycles. The molecule has 0 amide bonds. The second-order valence-corrected chi connectivity index (χ2v) is 5.67. The maximum Gasteiger partial charge on any atom is 0.0412 e. The summed E-state index contributed by atoms with van der Waals surface area (Å²) in [5, 5.41) is 0. The third kappa shape index (κ3) is 2.10. The van der Waals surface area contributed by atoms with Gasteiger partial charge in [0.25, 0.3) is 0 Å². The lowest BCUT2D eigenvalue weighted by Crippen LogP contribution is -2.02. The third-order valence-corrected chi connectivity index (χ3v) is 4.16. The van der Waals surface area contributed by atoms with E-state index in [-0.39, 0.29) is 0 Å². The molecule has 1 aliphatic rings. The van der Waals surface area contributed by atoms with Crippen LogP contribution in [-0.2, 0) is 6.42 Å². The van der Waals surface area contributed by atoms with Crippen molar-refractivity contribution < 1.29 is 0 Å². The maximum absolute atomic E-state index is 3.30. The predicted molar refractivity (Wildman–Crippen MR) is 79.3 cm³/mol. The summed E-state index contributed by atoms with van der Waals surface area (Å²) < 4.78 is 0.500. The highest BCUT2D eigenvalue weighted by Crippen LogP contribution is 2.31. The van der Waals surface area contributed by atoms with Crippen molar-refractivity contribution in [2.45, 2.75) is 10.3 Å². The van der Waals surface area contributed by atoms with Crippen LogP contribution >= 0.6 is 22.6 Å². The van der Waals surface area contributed by atoms with Crippen LogP contribution in [0.2, 0.25) is 0 Å². The molecule has 0 saturated heterocycles. The number of hydrogen-bond donors (Lipinski definition) is 0. The minimum absolute atomic E-state index is 0.500. The van der Waals surface area contributed by atoms with E-state index in [0.29, 0.717) is 3.92 Å². The van der Waals surface area contributed by atoms with Gasteiger partial charge in [0.05, 0.1) is 0 Å². The van der Waals surface area contributed by atoms with Crippen molar-refractivity contribution in [3.63, 3.8) is 0 Å². The topological polar surface area (TPSA) is 0 Å². The van der Waals surface area contributed by atoms with E-state index in [4.69, 9.17) is 0 Å². The molecule has 1 heteroatoms.